The van der Waals surface area contributed by atoms with E-state index < -0.39 is 0 Å². The van der Waals surface area contributed by atoms with Gasteiger partial charge < -0.3 is 9.47 Å². The summed E-state index contributed by atoms with van der Waals surface area (Å²) in [4.78, 5) is 22.4. The summed E-state index contributed by atoms with van der Waals surface area (Å²) in [5.41, 5.74) is 13.9. The number of benzene rings is 8. The predicted octanol–water partition coefficient (Wildman–Crippen LogP) is 13.6. The molecule has 8 aromatic carbocycles. The van der Waals surface area contributed by atoms with Crippen LogP contribution in [0.1, 0.15) is 0 Å². The van der Waals surface area contributed by atoms with Crippen molar-refractivity contribution in [2.45, 2.75) is 0 Å². The number of nitrogens with zero attached hydrogens (tertiary/aromatic N) is 6. The smallest absolute Gasteiger partial charge is 0.164 e. The minimum Gasteiger partial charge on any atom is -0.309 e. The third kappa shape index (κ3) is 5.42. The van der Waals surface area contributed by atoms with Gasteiger partial charge in [0.25, 0.3) is 0 Å². The fourth-order valence-electron chi connectivity index (χ4n) is 8.92. The Morgan fingerprint density at radius 2 is 0.950 bits per heavy atom. The van der Waals surface area contributed by atoms with Crippen LogP contribution in [-0.2, 0) is 0 Å². The quantitative estimate of drug-likeness (QED) is 0.169. The molecule has 1 aliphatic heterocycles. The normalized spacial score (nSPS) is 12.0. The van der Waals surface area contributed by atoms with Gasteiger partial charge in [0.05, 0.1) is 28.1 Å². The van der Waals surface area contributed by atoms with Crippen LogP contribution < -0.4 is 4.90 Å². The number of para-hydroxylation sites is 2. The number of pyridine rings is 1. The van der Waals surface area contributed by atoms with E-state index in [0.29, 0.717) is 17.5 Å². The summed E-state index contributed by atoms with van der Waals surface area (Å²) in [6.45, 7) is 0. The summed E-state index contributed by atoms with van der Waals surface area (Å²) in [6, 6.07) is 70.3. The first kappa shape index (κ1) is 33.9. The second-order valence-corrected chi connectivity index (χ2v) is 15.1. The average molecular weight is 767 g/mol. The van der Waals surface area contributed by atoms with E-state index in [4.69, 9.17) is 19.9 Å². The molecule has 6 heteroatoms. The zero-order valence-corrected chi connectivity index (χ0v) is 32.3. The van der Waals surface area contributed by atoms with Crippen LogP contribution >= 0.6 is 0 Å². The Hall–Kier alpha value is -8.22. The Balaban J connectivity index is 1.15. The van der Waals surface area contributed by atoms with Gasteiger partial charge in [-0.05, 0) is 83.7 Å². The van der Waals surface area contributed by atoms with Crippen LogP contribution in [0.4, 0.5) is 17.1 Å². The molecule has 0 atom stereocenters. The lowest BCUT2D eigenvalue weighted by Crippen LogP contribution is -2.15. The first-order valence-electron chi connectivity index (χ1n) is 20.1. The molecule has 0 fully saturated rings. The van der Waals surface area contributed by atoms with Crippen LogP contribution in [0.2, 0.25) is 0 Å². The molecular weight excluding hydrogens is 733 g/mol. The molecule has 12 rings (SSSR count). The Labute approximate surface area is 346 Å². The molecule has 0 saturated heterocycles. The minimum atomic E-state index is 0.624. The lowest BCUT2D eigenvalue weighted by molar-refractivity contribution is 1.07. The van der Waals surface area contributed by atoms with Gasteiger partial charge in [-0.2, -0.15) is 0 Å². The van der Waals surface area contributed by atoms with Crippen molar-refractivity contribution in [3.8, 4) is 62.2 Å². The predicted molar refractivity (Wildman–Crippen MR) is 245 cm³/mol. The van der Waals surface area contributed by atoms with E-state index in [9.17, 15) is 0 Å². The van der Waals surface area contributed by atoms with Crippen LogP contribution in [-0.4, -0.2) is 24.5 Å². The highest BCUT2D eigenvalue weighted by atomic mass is 15.2. The fourth-order valence-corrected chi connectivity index (χ4v) is 8.92. The van der Waals surface area contributed by atoms with Crippen LogP contribution in [0.15, 0.2) is 206 Å². The molecule has 0 bridgehead atoms. The van der Waals surface area contributed by atoms with Crippen molar-refractivity contribution < 1.29 is 0 Å². The van der Waals surface area contributed by atoms with Gasteiger partial charge in [0.2, 0.25) is 0 Å². The minimum absolute atomic E-state index is 0.624. The maximum absolute atomic E-state index is 5.11. The highest BCUT2D eigenvalue weighted by Crippen LogP contribution is 2.54. The Morgan fingerprint density at radius 3 is 1.62 bits per heavy atom. The van der Waals surface area contributed by atoms with Crippen LogP contribution in [0.5, 0.6) is 0 Å². The van der Waals surface area contributed by atoms with Crippen molar-refractivity contribution in [3.05, 3.63) is 206 Å². The van der Waals surface area contributed by atoms with E-state index in [1.165, 1.54) is 16.3 Å². The summed E-state index contributed by atoms with van der Waals surface area (Å²) in [5, 5.41) is 4.63. The molecular formula is C54H34N6. The Kier molecular flexibility index (Phi) is 7.74. The Bertz CT molecular complexity index is 3350. The van der Waals surface area contributed by atoms with Crippen LogP contribution in [0, 0.1) is 0 Å². The maximum Gasteiger partial charge on any atom is 0.164 e. The van der Waals surface area contributed by atoms with Crippen molar-refractivity contribution >= 4 is 49.6 Å². The molecule has 60 heavy (non-hydrogen) atoms. The van der Waals surface area contributed by atoms with Gasteiger partial charge in [0.1, 0.15) is 0 Å². The number of rotatable bonds is 6. The van der Waals surface area contributed by atoms with Gasteiger partial charge in [0.15, 0.2) is 17.5 Å². The molecule has 0 N–H and O–H groups in total. The number of hydrogen-bond donors (Lipinski definition) is 0. The lowest BCUT2D eigenvalue weighted by Gasteiger charge is -2.34. The van der Waals surface area contributed by atoms with Crippen molar-refractivity contribution in [3.63, 3.8) is 0 Å². The standard InChI is InChI=1S/C54H34N6/c1-5-16-35(17-6-1)52-56-53(36-18-7-2-8-19-36)58-54(57-52)37-27-30-47-43(32-37)45-33-44-42-29-28-40(46-25-13-14-31-55-46)41-24-15-26-48(51(41)42)60(39-22-11-4-12-23-39)49(44)34-50(45)59(47)38-20-9-3-10-21-38/h1-34H. The van der Waals surface area contributed by atoms with Crippen LogP contribution in [0.3, 0.4) is 0 Å². The van der Waals surface area contributed by atoms with E-state index in [-0.39, 0.29) is 0 Å². The second kappa shape index (κ2) is 13.7. The van der Waals surface area contributed by atoms with Gasteiger partial charge in [-0.1, -0.05) is 127 Å². The van der Waals surface area contributed by atoms with Crippen molar-refractivity contribution in [2.24, 2.45) is 0 Å². The molecule has 0 radical (unpaired) electrons. The zero-order valence-electron chi connectivity index (χ0n) is 32.3. The zero-order chi connectivity index (χ0) is 39.6. The van der Waals surface area contributed by atoms with Gasteiger partial charge in [-0.25, -0.2) is 15.0 Å². The van der Waals surface area contributed by atoms with Gasteiger partial charge in [-0.3, -0.25) is 4.98 Å². The van der Waals surface area contributed by atoms with Crippen molar-refractivity contribution in [1.29, 1.82) is 0 Å². The number of aromatic nitrogens is 5. The summed E-state index contributed by atoms with van der Waals surface area (Å²) in [5.74, 6) is 1.90. The summed E-state index contributed by atoms with van der Waals surface area (Å²) < 4.78 is 2.39. The summed E-state index contributed by atoms with van der Waals surface area (Å²) >= 11 is 0. The molecule has 0 spiro atoms. The molecule has 3 aromatic heterocycles. The van der Waals surface area contributed by atoms with Crippen LogP contribution in [0.25, 0.3) is 94.8 Å². The summed E-state index contributed by atoms with van der Waals surface area (Å²) in [7, 11) is 0. The number of anilines is 3. The lowest BCUT2D eigenvalue weighted by atomic mass is 9.87. The fraction of sp³-hybridized carbons (Fsp3) is 0. The number of hydrogen-bond acceptors (Lipinski definition) is 5. The van der Waals surface area contributed by atoms with E-state index in [2.05, 4.69) is 143 Å². The van der Waals surface area contributed by atoms with Gasteiger partial charge >= 0.3 is 0 Å². The largest absolute Gasteiger partial charge is 0.309 e. The van der Waals surface area contributed by atoms with Gasteiger partial charge in [0, 0.05) is 61.5 Å². The van der Waals surface area contributed by atoms with E-state index in [0.717, 1.165) is 78.1 Å². The Morgan fingerprint density at radius 1 is 0.350 bits per heavy atom. The molecule has 0 amide bonds. The highest BCUT2D eigenvalue weighted by Gasteiger charge is 2.29. The maximum atomic E-state index is 5.11. The van der Waals surface area contributed by atoms with Gasteiger partial charge in [-0.15, -0.1) is 0 Å². The molecule has 280 valence electrons. The SMILES string of the molecule is c1ccc(-c2nc(-c3ccccc3)nc(-c3ccc4c(c3)c3cc5c(cc3n4-c3ccccc3)N(c3ccccc3)c3cccc4c(-c6ccccn6)ccc-5c34)n2)cc1. The molecule has 0 aliphatic carbocycles. The highest BCUT2D eigenvalue weighted by molar-refractivity contribution is 6.21. The third-order valence-corrected chi connectivity index (χ3v) is 11.6. The van der Waals surface area contributed by atoms with E-state index in [1.54, 1.807) is 0 Å². The topological polar surface area (TPSA) is 59.7 Å². The first-order valence-corrected chi connectivity index (χ1v) is 20.1. The third-order valence-electron chi connectivity index (χ3n) is 11.6. The van der Waals surface area contributed by atoms with Crippen molar-refractivity contribution in [2.75, 3.05) is 4.90 Å². The van der Waals surface area contributed by atoms with E-state index in [1.807, 2.05) is 72.9 Å². The molecule has 1 aliphatic rings. The monoisotopic (exact) mass is 766 g/mol. The molecule has 6 nitrogen and oxygen atoms in total. The van der Waals surface area contributed by atoms with Crippen molar-refractivity contribution in [1.82, 2.24) is 24.5 Å². The van der Waals surface area contributed by atoms with E-state index >= 15 is 0 Å². The molecule has 0 unspecified atom stereocenters. The number of fused-ring (bicyclic) bond motifs is 5. The average Bonchev–Trinajstić information content (AvgIpc) is 3.65. The first-order chi connectivity index (χ1) is 29.8. The summed E-state index contributed by atoms with van der Waals surface area (Å²) in [6.07, 6.45) is 1.87. The molecule has 0 saturated carbocycles. The molecule has 4 heterocycles. The molecule has 11 aromatic rings. The second-order valence-electron chi connectivity index (χ2n) is 15.1.